The number of hydrogen-bond acceptors (Lipinski definition) is 1. The van der Waals surface area contributed by atoms with Gasteiger partial charge in [-0.25, -0.2) is 0 Å². The second-order valence-corrected chi connectivity index (χ2v) is 4.50. The van der Waals surface area contributed by atoms with Gasteiger partial charge < -0.3 is 4.90 Å². The van der Waals surface area contributed by atoms with Gasteiger partial charge in [-0.3, -0.25) is 4.79 Å². The van der Waals surface area contributed by atoms with E-state index in [0.29, 0.717) is 5.92 Å². The van der Waals surface area contributed by atoms with E-state index in [4.69, 9.17) is 0 Å². The van der Waals surface area contributed by atoms with Crippen LogP contribution in [0.4, 0.5) is 0 Å². The Morgan fingerprint density at radius 3 is 2.25 bits per heavy atom. The Kier molecular flexibility index (Phi) is 4.53. The second kappa shape index (κ2) is 5.69. The van der Waals surface area contributed by atoms with Gasteiger partial charge in [-0.2, -0.15) is 0 Å². The number of carbonyl (C=O) groups is 1. The van der Waals surface area contributed by atoms with Crippen LogP contribution in [0.2, 0.25) is 0 Å². The molecule has 0 fully saturated rings. The number of nitrogens with zero attached hydrogens (tertiary/aromatic N) is 1. The van der Waals surface area contributed by atoms with E-state index in [0.717, 1.165) is 18.5 Å². The van der Waals surface area contributed by atoms with Crippen LogP contribution in [0, 0.1) is 0 Å². The molecule has 0 bridgehead atoms. The summed E-state index contributed by atoms with van der Waals surface area (Å²) in [6.45, 7) is 7.19. The SMILES string of the molecule is CCCN(C)C(=O)c1ccc(C(C)C)cc1. The second-order valence-electron chi connectivity index (χ2n) is 4.50. The minimum absolute atomic E-state index is 0.108. The lowest BCUT2D eigenvalue weighted by Crippen LogP contribution is -2.27. The first-order valence-corrected chi connectivity index (χ1v) is 5.91. The topological polar surface area (TPSA) is 20.3 Å². The fourth-order valence-electron chi connectivity index (χ4n) is 1.67. The number of hydrogen-bond donors (Lipinski definition) is 0. The van der Waals surface area contributed by atoms with Crippen LogP contribution in [0.15, 0.2) is 24.3 Å². The third kappa shape index (κ3) is 3.09. The molecule has 0 aliphatic carbocycles. The molecule has 0 spiro atoms. The van der Waals surface area contributed by atoms with Gasteiger partial charge in [0, 0.05) is 19.2 Å². The molecule has 1 rings (SSSR count). The standard InChI is InChI=1S/C14H21NO/c1-5-10-15(4)14(16)13-8-6-12(7-9-13)11(2)3/h6-9,11H,5,10H2,1-4H3. The zero-order valence-corrected chi connectivity index (χ0v) is 10.7. The van der Waals surface area contributed by atoms with Crippen LogP contribution < -0.4 is 0 Å². The van der Waals surface area contributed by atoms with Crippen molar-refractivity contribution in [1.29, 1.82) is 0 Å². The Balaban J connectivity index is 2.77. The molecule has 0 saturated carbocycles. The highest BCUT2D eigenvalue weighted by atomic mass is 16.2. The normalized spacial score (nSPS) is 10.6. The Bertz CT molecular complexity index is 340. The predicted octanol–water partition coefficient (Wildman–Crippen LogP) is 3.29. The third-order valence-corrected chi connectivity index (χ3v) is 2.73. The van der Waals surface area contributed by atoms with E-state index in [2.05, 4.69) is 20.8 Å². The van der Waals surface area contributed by atoms with Gasteiger partial charge in [0.2, 0.25) is 0 Å². The van der Waals surface area contributed by atoms with Gasteiger partial charge in [-0.1, -0.05) is 32.9 Å². The molecule has 2 nitrogen and oxygen atoms in total. The molecule has 88 valence electrons. The Morgan fingerprint density at radius 1 is 1.25 bits per heavy atom. The van der Waals surface area contributed by atoms with Crippen molar-refractivity contribution in [3.05, 3.63) is 35.4 Å². The number of rotatable bonds is 4. The number of amides is 1. The van der Waals surface area contributed by atoms with Crippen LogP contribution in [0.3, 0.4) is 0 Å². The van der Waals surface area contributed by atoms with E-state index >= 15 is 0 Å². The average Bonchev–Trinajstić information content (AvgIpc) is 2.28. The van der Waals surface area contributed by atoms with E-state index in [1.54, 1.807) is 4.90 Å². The summed E-state index contributed by atoms with van der Waals surface area (Å²) in [5.41, 5.74) is 2.05. The molecule has 16 heavy (non-hydrogen) atoms. The zero-order valence-electron chi connectivity index (χ0n) is 10.7. The quantitative estimate of drug-likeness (QED) is 0.761. The zero-order chi connectivity index (χ0) is 12.1. The number of carbonyl (C=O) groups excluding carboxylic acids is 1. The van der Waals surface area contributed by atoms with Gasteiger partial charge in [-0.15, -0.1) is 0 Å². The molecule has 0 aliphatic rings. The van der Waals surface area contributed by atoms with Crippen molar-refractivity contribution in [1.82, 2.24) is 4.90 Å². The fraction of sp³-hybridized carbons (Fsp3) is 0.500. The van der Waals surface area contributed by atoms with Crippen LogP contribution in [-0.4, -0.2) is 24.4 Å². The smallest absolute Gasteiger partial charge is 0.253 e. The maximum absolute atomic E-state index is 11.9. The van der Waals surface area contributed by atoms with E-state index in [1.807, 2.05) is 31.3 Å². The molecule has 0 aromatic heterocycles. The van der Waals surface area contributed by atoms with Crippen molar-refractivity contribution < 1.29 is 4.79 Å². The van der Waals surface area contributed by atoms with Gasteiger partial charge in [0.15, 0.2) is 0 Å². The van der Waals surface area contributed by atoms with Gasteiger partial charge in [-0.05, 0) is 30.0 Å². The lowest BCUT2D eigenvalue weighted by molar-refractivity contribution is 0.0795. The third-order valence-electron chi connectivity index (χ3n) is 2.73. The van der Waals surface area contributed by atoms with Gasteiger partial charge >= 0.3 is 0 Å². The summed E-state index contributed by atoms with van der Waals surface area (Å²) in [4.78, 5) is 13.7. The highest BCUT2D eigenvalue weighted by molar-refractivity contribution is 5.94. The van der Waals surface area contributed by atoms with E-state index in [1.165, 1.54) is 5.56 Å². The molecular weight excluding hydrogens is 198 g/mol. The van der Waals surface area contributed by atoms with Crippen molar-refractivity contribution in [2.75, 3.05) is 13.6 Å². The van der Waals surface area contributed by atoms with Crippen LogP contribution in [0.1, 0.15) is 49.0 Å². The van der Waals surface area contributed by atoms with Gasteiger partial charge in [0.05, 0.1) is 0 Å². The monoisotopic (exact) mass is 219 g/mol. The van der Waals surface area contributed by atoms with E-state index < -0.39 is 0 Å². The van der Waals surface area contributed by atoms with Crippen molar-refractivity contribution >= 4 is 5.91 Å². The molecule has 0 saturated heterocycles. The molecule has 0 aliphatic heterocycles. The van der Waals surface area contributed by atoms with E-state index in [9.17, 15) is 4.79 Å². The summed E-state index contributed by atoms with van der Waals surface area (Å²) >= 11 is 0. The largest absolute Gasteiger partial charge is 0.342 e. The molecule has 0 radical (unpaired) electrons. The first kappa shape index (κ1) is 12.8. The minimum Gasteiger partial charge on any atom is -0.342 e. The fourth-order valence-corrected chi connectivity index (χ4v) is 1.67. The lowest BCUT2D eigenvalue weighted by atomic mass is 10.0. The first-order valence-electron chi connectivity index (χ1n) is 5.91. The molecule has 1 aromatic carbocycles. The maximum Gasteiger partial charge on any atom is 0.253 e. The van der Waals surface area contributed by atoms with Crippen LogP contribution in [-0.2, 0) is 0 Å². The van der Waals surface area contributed by atoms with Crippen LogP contribution in [0.25, 0.3) is 0 Å². The highest BCUT2D eigenvalue weighted by Crippen LogP contribution is 2.15. The summed E-state index contributed by atoms with van der Waals surface area (Å²) < 4.78 is 0. The summed E-state index contributed by atoms with van der Waals surface area (Å²) in [6, 6.07) is 7.92. The summed E-state index contributed by atoms with van der Waals surface area (Å²) in [7, 11) is 1.85. The minimum atomic E-state index is 0.108. The molecule has 0 N–H and O–H groups in total. The Labute approximate surface area is 98.3 Å². The predicted molar refractivity (Wildman–Crippen MR) is 67.8 cm³/mol. The summed E-state index contributed by atoms with van der Waals surface area (Å²) in [5, 5.41) is 0. The van der Waals surface area contributed by atoms with Crippen LogP contribution in [0.5, 0.6) is 0 Å². The molecule has 1 aromatic rings. The van der Waals surface area contributed by atoms with Crippen molar-refractivity contribution in [3.63, 3.8) is 0 Å². The maximum atomic E-state index is 11.9. The molecule has 2 heteroatoms. The summed E-state index contributed by atoms with van der Waals surface area (Å²) in [5.74, 6) is 0.620. The molecule has 0 heterocycles. The number of benzene rings is 1. The van der Waals surface area contributed by atoms with Crippen molar-refractivity contribution in [2.24, 2.45) is 0 Å². The molecule has 1 amide bonds. The molecular formula is C14H21NO. The lowest BCUT2D eigenvalue weighted by Gasteiger charge is -2.16. The van der Waals surface area contributed by atoms with Gasteiger partial charge in [0.25, 0.3) is 5.91 Å². The van der Waals surface area contributed by atoms with Crippen LogP contribution >= 0.6 is 0 Å². The molecule has 0 unspecified atom stereocenters. The van der Waals surface area contributed by atoms with Gasteiger partial charge in [0.1, 0.15) is 0 Å². The van der Waals surface area contributed by atoms with Crippen molar-refractivity contribution in [3.8, 4) is 0 Å². The first-order chi connectivity index (χ1) is 7.56. The van der Waals surface area contributed by atoms with Crippen molar-refractivity contribution in [2.45, 2.75) is 33.1 Å². The average molecular weight is 219 g/mol. The highest BCUT2D eigenvalue weighted by Gasteiger charge is 2.10. The Hall–Kier alpha value is -1.31. The molecule has 0 atom stereocenters. The summed E-state index contributed by atoms with van der Waals surface area (Å²) in [6.07, 6.45) is 0.992. The van der Waals surface area contributed by atoms with E-state index in [-0.39, 0.29) is 5.91 Å². The Morgan fingerprint density at radius 2 is 1.81 bits per heavy atom.